The normalized spacial score (nSPS) is 11.6. The van der Waals surface area contributed by atoms with E-state index in [2.05, 4.69) is 24.0 Å². The van der Waals surface area contributed by atoms with E-state index in [1.807, 2.05) is 36.5 Å². The molecule has 3 rings (SSSR count). The standard InChI is InChI=1S/C20H20ClNO2S/c1-3-17-18(12-22-20(17)14-7-5-4-6-8-14)15-9-10-16(19(21)11-15)13-25(2,23)24/h4-12,22H,3,13H2,1-2H3. The molecule has 1 N–H and O–H groups in total. The summed E-state index contributed by atoms with van der Waals surface area (Å²) in [5.41, 5.74) is 6.18. The van der Waals surface area contributed by atoms with Gasteiger partial charge in [-0.05, 0) is 34.7 Å². The first-order valence-electron chi connectivity index (χ1n) is 8.11. The summed E-state index contributed by atoms with van der Waals surface area (Å²) in [6.45, 7) is 2.12. The zero-order valence-corrected chi connectivity index (χ0v) is 15.8. The zero-order chi connectivity index (χ0) is 18.0. The molecule has 0 radical (unpaired) electrons. The predicted octanol–water partition coefficient (Wildman–Crippen LogP) is 5.11. The number of rotatable bonds is 5. The van der Waals surface area contributed by atoms with Crippen molar-refractivity contribution in [3.05, 3.63) is 70.9 Å². The summed E-state index contributed by atoms with van der Waals surface area (Å²) in [5, 5.41) is 0.479. The fourth-order valence-electron chi connectivity index (χ4n) is 3.05. The molecule has 130 valence electrons. The minimum absolute atomic E-state index is 0.0465. The molecule has 3 aromatic rings. The molecule has 2 aromatic carbocycles. The molecule has 0 spiro atoms. The van der Waals surface area contributed by atoms with E-state index in [4.69, 9.17) is 11.6 Å². The fraction of sp³-hybridized carbons (Fsp3) is 0.200. The van der Waals surface area contributed by atoms with E-state index in [1.54, 1.807) is 6.07 Å². The predicted molar refractivity (Wildman–Crippen MR) is 105 cm³/mol. The van der Waals surface area contributed by atoms with E-state index in [-0.39, 0.29) is 5.75 Å². The molecule has 0 fully saturated rings. The molecule has 5 heteroatoms. The van der Waals surface area contributed by atoms with Crippen molar-refractivity contribution in [2.45, 2.75) is 19.1 Å². The van der Waals surface area contributed by atoms with Gasteiger partial charge in [-0.2, -0.15) is 0 Å². The first-order chi connectivity index (χ1) is 11.9. The molecule has 0 aliphatic heterocycles. The third-order valence-corrected chi connectivity index (χ3v) is 5.37. The molecule has 0 saturated heterocycles. The summed E-state index contributed by atoms with van der Waals surface area (Å²) < 4.78 is 23.0. The number of nitrogens with one attached hydrogen (secondary N) is 1. The molecule has 3 nitrogen and oxygen atoms in total. The van der Waals surface area contributed by atoms with Crippen molar-refractivity contribution in [2.24, 2.45) is 0 Å². The maximum atomic E-state index is 11.5. The van der Waals surface area contributed by atoms with E-state index >= 15 is 0 Å². The number of halogens is 1. The molecule has 0 unspecified atom stereocenters. The average molecular weight is 374 g/mol. The molecule has 25 heavy (non-hydrogen) atoms. The number of sulfone groups is 1. The second-order valence-corrected chi connectivity index (χ2v) is 8.70. The average Bonchev–Trinajstić information content (AvgIpc) is 3.00. The van der Waals surface area contributed by atoms with Crippen LogP contribution in [0, 0.1) is 0 Å². The molecule has 0 aliphatic carbocycles. The lowest BCUT2D eigenvalue weighted by atomic mass is 9.97. The van der Waals surface area contributed by atoms with Crippen molar-refractivity contribution in [2.75, 3.05) is 6.26 Å². The lowest BCUT2D eigenvalue weighted by Gasteiger charge is -2.09. The second kappa shape index (κ2) is 7.06. The summed E-state index contributed by atoms with van der Waals surface area (Å²) in [7, 11) is -3.11. The summed E-state index contributed by atoms with van der Waals surface area (Å²) in [6, 6.07) is 15.8. The molecule has 0 amide bonds. The van der Waals surface area contributed by atoms with Crippen LogP contribution in [-0.2, 0) is 22.0 Å². The van der Waals surface area contributed by atoms with Gasteiger partial charge in [0.25, 0.3) is 0 Å². The molecule has 0 atom stereocenters. The highest BCUT2D eigenvalue weighted by atomic mass is 35.5. The number of hydrogen-bond acceptors (Lipinski definition) is 2. The number of aromatic amines is 1. The molecule has 0 saturated carbocycles. The van der Waals surface area contributed by atoms with Gasteiger partial charge in [-0.3, -0.25) is 0 Å². The van der Waals surface area contributed by atoms with Crippen molar-refractivity contribution in [1.82, 2.24) is 4.98 Å². The maximum Gasteiger partial charge on any atom is 0.151 e. The highest BCUT2D eigenvalue weighted by molar-refractivity contribution is 7.89. The van der Waals surface area contributed by atoms with Crippen LogP contribution in [0.2, 0.25) is 5.02 Å². The Kier molecular flexibility index (Phi) is 5.02. The quantitative estimate of drug-likeness (QED) is 0.675. The van der Waals surface area contributed by atoms with Crippen LogP contribution >= 0.6 is 11.6 Å². The van der Waals surface area contributed by atoms with E-state index in [0.29, 0.717) is 10.6 Å². The van der Waals surface area contributed by atoms with Gasteiger partial charge in [-0.15, -0.1) is 0 Å². The summed E-state index contributed by atoms with van der Waals surface area (Å²) in [6.07, 6.45) is 4.08. The van der Waals surface area contributed by atoms with Gasteiger partial charge < -0.3 is 4.98 Å². The smallest absolute Gasteiger partial charge is 0.151 e. The molecular weight excluding hydrogens is 354 g/mol. The van der Waals surface area contributed by atoms with E-state index in [9.17, 15) is 8.42 Å². The maximum absolute atomic E-state index is 11.5. The lowest BCUT2D eigenvalue weighted by molar-refractivity contribution is 0.601. The van der Waals surface area contributed by atoms with Crippen LogP contribution in [0.3, 0.4) is 0 Å². The third kappa shape index (κ3) is 3.97. The van der Waals surface area contributed by atoms with Crippen LogP contribution < -0.4 is 0 Å². The minimum Gasteiger partial charge on any atom is -0.360 e. The number of hydrogen-bond donors (Lipinski definition) is 1. The Hall–Kier alpha value is -2.04. The summed E-state index contributed by atoms with van der Waals surface area (Å²) >= 11 is 6.33. The van der Waals surface area contributed by atoms with E-state index < -0.39 is 9.84 Å². The Balaban J connectivity index is 2.03. The highest BCUT2D eigenvalue weighted by Gasteiger charge is 2.15. The largest absolute Gasteiger partial charge is 0.360 e. The molecule has 0 bridgehead atoms. The van der Waals surface area contributed by atoms with Gasteiger partial charge in [-0.1, -0.05) is 61.0 Å². The monoisotopic (exact) mass is 373 g/mol. The van der Waals surface area contributed by atoms with Crippen molar-refractivity contribution < 1.29 is 8.42 Å². The van der Waals surface area contributed by atoms with Crippen molar-refractivity contribution in [3.63, 3.8) is 0 Å². The Morgan fingerprint density at radius 1 is 1.04 bits per heavy atom. The molecule has 0 aliphatic rings. The van der Waals surface area contributed by atoms with Gasteiger partial charge in [-0.25, -0.2) is 8.42 Å². The van der Waals surface area contributed by atoms with Crippen LogP contribution in [0.4, 0.5) is 0 Å². The van der Waals surface area contributed by atoms with Crippen LogP contribution in [-0.4, -0.2) is 19.7 Å². The SMILES string of the molecule is CCc1c(-c2ccc(CS(C)(=O)=O)c(Cl)c2)c[nH]c1-c1ccccc1. The summed E-state index contributed by atoms with van der Waals surface area (Å²) in [5.74, 6) is -0.0465. The van der Waals surface area contributed by atoms with Crippen molar-refractivity contribution >= 4 is 21.4 Å². The van der Waals surface area contributed by atoms with Crippen molar-refractivity contribution in [3.8, 4) is 22.4 Å². The number of benzene rings is 2. The Morgan fingerprint density at radius 3 is 2.36 bits per heavy atom. The van der Waals surface area contributed by atoms with Crippen molar-refractivity contribution in [1.29, 1.82) is 0 Å². The first-order valence-corrected chi connectivity index (χ1v) is 10.5. The van der Waals surface area contributed by atoms with Crippen LogP contribution in [0.1, 0.15) is 18.1 Å². The third-order valence-electron chi connectivity index (χ3n) is 4.19. The van der Waals surface area contributed by atoms with Gasteiger partial charge in [0.05, 0.1) is 5.75 Å². The highest BCUT2D eigenvalue weighted by Crippen LogP contribution is 2.34. The van der Waals surface area contributed by atoms with Crippen LogP contribution in [0.15, 0.2) is 54.7 Å². The van der Waals surface area contributed by atoms with Gasteiger partial charge in [0.2, 0.25) is 0 Å². The van der Waals surface area contributed by atoms with Crippen LogP contribution in [0.5, 0.6) is 0 Å². The summed E-state index contributed by atoms with van der Waals surface area (Å²) in [4.78, 5) is 3.37. The Bertz CT molecular complexity index is 992. The van der Waals surface area contributed by atoms with Gasteiger partial charge in [0.15, 0.2) is 9.84 Å². The molecular formula is C20H20ClNO2S. The molecule has 1 aromatic heterocycles. The lowest BCUT2D eigenvalue weighted by Crippen LogP contribution is -2.01. The Morgan fingerprint density at radius 2 is 1.76 bits per heavy atom. The van der Waals surface area contributed by atoms with E-state index in [1.165, 1.54) is 11.8 Å². The minimum atomic E-state index is -3.11. The van der Waals surface area contributed by atoms with Gasteiger partial charge >= 0.3 is 0 Å². The Labute approximate surface area is 153 Å². The van der Waals surface area contributed by atoms with Gasteiger partial charge in [0.1, 0.15) is 0 Å². The number of aromatic nitrogens is 1. The van der Waals surface area contributed by atoms with E-state index in [0.717, 1.165) is 28.8 Å². The first kappa shape index (κ1) is 17.8. The second-order valence-electron chi connectivity index (χ2n) is 6.15. The zero-order valence-electron chi connectivity index (χ0n) is 14.2. The molecule has 1 heterocycles. The van der Waals surface area contributed by atoms with Crippen LogP contribution in [0.25, 0.3) is 22.4 Å². The number of H-pyrrole nitrogens is 1. The van der Waals surface area contributed by atoms with Gasteiger partial charge in [0, 0.05) is 28.7 Å². The topological polar surface area (TPSA) is 49.9 Å². The fourth-order valence-corrected chi connectivity index (χ4v) is 4.20.